The fourth-order valence-electron chi connectivity index (χ4n) is 4.12. The molecule has 5 rings (SSSR count). The fourth-order valence-corrected chi connectivity index (χ4v) is 4.12. The van der Waals surface area contributed by atoms with Crippen molar-refractivity contribution in [1.29, 1.82) is 0 Å². The number of benzene rings is 2. The van der Waals surface area contributed by atoms with E-state index in [1.165, 1.54) is 0 Å². The van der Waals surface area contributed by atoms with Gasteiger partial charge in [0, 0.05) is 49.1 Å². The number of hydrogen-bond donors (Lipinski definition) is 2. The molecule has 1 aliphatic heterocycles. The molecule has 7 nitrogen and oxygen atoms in total. The first-order valence-electron chi connectivity index (χ1n) is 10.9. The van der Waals surface area contributed by atoms with Crippen molar-refractivity contribution in [3.8, 4) is 28.4 Å². The van der Waals surface area contributed by atoms with Gasteiger partial charge < -0.3 is 15.5 Å². The first-order valence-corrected chi connectivity index (χ1v) is 10.9. The highest BCUT2D eigenvalue weighted by atomic mass is 16.5. The lowest BCUT2D eigenvalue weighted by Crippen LogP contribution is -2.35. The van der Waals surface area contributed by atoms with Gasteiger partial charge in [-0.3, -0.25) is 14.7 Å². The maximum Gasteiger partial charge on any atom is 0.255 e. The number of nitrogens with zero attached hydrogens (tertiary/aromatic N) is 3. The van der Waals surface area contributed by atoms with E-state index >= 15 is 0 Å². The molecule has 7 heteroatoms. The van der Waals surface area contributed by atoms with Gasteiger partial charge >= 0.3 is 0 Å². The van der Waals surface area contributed by atoms with E-state index in [9.17, 15) is 4.79 Å². The number of nitrogens with two attached hydrogens (primary N) is 1. The van der Waals surface area contributed by atoms with Crippen LogP contribution in [-0.4, -0.2) is 33.5 Å². The second-order valence-corrected chi connectivity index (χ2v) is 8.21. The first-order chi connectivity index (χ1) is 16.1. The molecular formula is C26H25N5O2. The lowest BCUT2D eigenvalue weighted by Gasteiger charge is -2.27. The molecule has 0 fully saturated rings. The first kappa shape index (κ1) is 20.9. The van der Waals surface area contributed by atoms with Gasteiger partial charge in [-0.25, -0.2) is 4.98 Å². The van der Waals surface area contributed by atoms with Crippen LogP contribution < -0.4 is 16.0 Å². The van der Waals surface area contributed by atoms with Crippen LogP contribution in [0.3, 0.4) is 0 Å². The summed E-state index contributed by atoms with van der Waals surface area (Å²) in [6.45, 7) is 2.13. The molecule has 2 aromatic heterocycles. The monoisotopic (exact) mass is 439 g/mol. The fraction of sp³-hybridized carbons (Fsp3) is 0.192. The van der Waals surface area contributed by atoms with Gasteiger partial charge in [-0.05, 0) is 48.0 Å². The molecule has 0 atom stereocenters. The molecule has 3 N–H and O–H groups in total. The van der Waals surface area contributed by atoms with Crippen LogP contribution in [0.25, 0.3) is 22.6 Å². The minimum atomic E-state index is -0.0805. The van der Waals surface area contributed by atoms with Crippen molar-refractivity contribution in [3.05, 3.63) is 94.0 Å². The van der Waals surface area contributed by atoms with E-state index in [4.69, 9.17) is 15.5 Å². The van der Waals surface area contributed by atoms with Crippen LogP contribution in [0.15, 0.2) is 71.7 Å². The number of aromatic nitrogens is 3. The minimum absolute atomic E-state index is 0.0805. The molecule has 4 aromatic rings. The average Bonchev–Trinajstić information content (AvgIpc) is 2.85. The van der Waals surface area contributed by atoms with Gasteiger partial charge in [0.2, 0.25) is 0 Å². The molecule has 33 heavy (non-hydrogen) atoms. The molecule has 0 amide bonds. The van der Waals surface area contributed by atoms with Crippen LogP contribution in [0.2, 0.25) is 0 Å². The van der Waals surface area contributed by atoms with Crippen LogP contribution in [0.1, 0.15) is 16.8 Å². The lowest BCUT2D eigenvalue weighted by atomic mass is 10.1. The maximum absolute atomic E-state index is 12.8. The van der Waals surface area contributed by atoms with E-state index in [0.29, 0.717) is 18.1 Å². The summed E-state index contributed by atoms with van der Waals surface area (Å²) in [6.07, 6.45) is 2.63. The zero-order valence-corrected chi connectivity index (χ0v) is 18.4. The number of aromatic amines is 1. The largest absolute Gasteiger partial charge is 0.497 e. The zero-order chi connectivity index (χ0) is 22.8. The highest BCUT2D eigenvalue weighted by Gasteiger charge is 2.21. The number of methoxy groups -OCH3 is 1. The van der Waals surface area contributed by atoms with Crippen molar-refractivity contribution in [3.63, 3.8) is 0 Å². The summed E-state index contributed by atoms with van der Waals surface area (Å²) in [5.74, 6) is 1.40. The lowest BCUT2D eigenvalue weighted by molar-refractivity contribution is 0.241. The van der Waals surface area contributed by atoms with Gasteiger partial charge in [0.05, 0.1) is 24.1 Å². The molecule has 0 radical (unpaired) electrons. The van der Waals surface area contributed by atoms with Gasteiger partial charge in [-0.2, -0.15) is 0 Å². The number of nitrogen functional groups attached to an aromatic ring is 1. The van der Waals surface area contributed by atoms with Crippen LogP contribution in [0, 0.1) is 0 Å². The Balaban J connectivity index is 1.30. The smallest absolute Gasteiger partial charge is 0.255 e. The van der Waals surface area contributed by atoms with E-state index in [2.05, 4.69) is 20.9 Å². The van der Waals surface area contributed by atoms with Crippen molar-refractivity contribution in [2.75, 3.05) is 19.4 Å². The SMILES string of the molecule is COc1cccc(-c2ccc(CN3CCc4nc(-c5ccc(N)cc5)[nH]c(=O)c4C3)cn2)c1. The third kappa shape index (κ3) is 4.49. The van der Waals surface area contributed by atoms with Crippen molar-refractivity contribution in [1.82, 2.24) is 19.9 Å². The summed E-state index contributed by atoms with van der Waals surface area (Å²) >= 11 is 0. The highest BCUT2D eigenvalue weighted by molar-refractivity contribution is 5.61. The second-order valence-electron chi connectivity index (χ2n) is 8.21. The summed E-state index contributed by atoms with van der Waals surface area (Å²) in [5.41, 5.74) is 11.8. The number of hydrogen-bond acceptors (Lipinski definition) is 6. The molecule has 3 heterocycles. The number of ether oxygens (including phenoxy) is 1. The Morgan fingerprint density at radius 2 is 1.94 bits per heavy atom. The standard InChI is InChI=1S/C26H25N5O2/c1-33-21-4-2-3-19(13-21)23-10-5-17(14-28-23)15-31-12-11-24-22(16-31)26(32)30-25(29-24)18-6-8-20(27)9-7-18/h2-10,13-14H,11-12,15-16,27H2,1H3,(H,29,30,32). The van der Waals surface area contributed by atoms with Crippen molar-refractivity contribution >= 4 is 5.69 Å². The zero-order valence-electron chi connectivity index (χ0n) is 18.4. The Labute approximate surface area is 191 Å². The quantitative estimate of drug-likeness (QED) is 0.461. The Morgan fingerprint density at radius 1 is 1.09 bits per heavy atom. The van der Waals surface area contributed by atoms with Crippen LogP contribution >= 0.6 is 0 Å². The molecule has 0 unspecified atom stereocenters. The summed E-state index contributed by atoms with van der Waals surface area (Å²) in [7, 11) is 1.66. The Morgan fingerprint density at radius 3 is 2.70 bits per heavy atom. The van der Waals surface area contributed by atoms with Crippen molar-refractivity contribution in [2.24, 2.45) is 0 Å². The van der Waals surface area contributed by atoms with Gasteiger partial charge in [0.1, 0.15) is 11.6 Å². The number of pyridine rings is 1. The normalized spacial score (nSPS) is 13.5. The van der Waals surface area contributed by atoms with E-state index < -0.39 is 0 Å². The van der Waals surface area contributed by atoms with E-state index in [1.807, 2.05) is 60.8 Å². The summed E-state index contributed by atoms with van der Waals surface area (Å²) in [4.78, 5) is 27.4. The topological polar surface area (TPSA) is 97.1 Å². The third-order valence-corrected chi connectivity index (χ3v) is 5.93. The number of rotatable bonds is 5. The summed E-state index contributed by atoms with van der Waals surface area (Å²) in [6, 6.07) is 19.3. The van der Waals surface area contributed by atoms with Crippen molar-refractivity contribution in [2.45, 2.75) is 19.5 Å². The van der Waals surface area contributed by atoms with Gasteiger partial charge in [-0.1, -0.05) is 18.2 Å². The second kappa shape index (κ2) is 8.88. The maximum atomic E-state index is 12.8. The molecule has 2 aromatic carbocycles. The van der Waals surface area contributed by atoms with E-state index in [0.717, 1.165) is 58.9 Å². The summed E-state index contributed by atoms with van der Waals surface area (Å²) in [5, 5.41) is 0. The van der Waals surface area contributed by atoms with Crippen LogP contribution in [0.5, 0.6) is 5.75 Å². The molecule has 166 valence electrons. The average molecular weight is 440 g/mol. The van der Waals surface area contributed by atoms with E-state index in [-0.39, 0.29) is 5.56 Å². The van der Waals surface area contributed by atoms with Gasteiger partial charge in [0.25, 0.3) is 5.56 Å². The predicted molar refractivity (Wildman–Crippen MR) is 129 cm³/mol. The number of anilines is 1. The van der Waals surface area contributed by atoms with Gasteiger partial charge in [0.15, 0.2) is 0 Å². The highest BCUT2D eigenvalue weighted by Crippen LogP contribution is 2.24. The van der Waals surface area contributed by atoms with Crippen LogP contribution in [0.4, 0.5) is 5.69 Å². The Hall–Kier alpha value is -3.97. The Bertz CT molecular complexity index is 1330. The number of fused-ring (bicyclic) bond motifs is 1. The molecule has 0 saturated carbocycles. The molecule has 0 spiro atoms. The van der Waals surface area contributed by atoms with Crippen molar-refractivity contribution < 1.29 is 4.74 Å². The summed E-state index contributed by atoms with van der Waals surface area (Å²) < 4.78 is 5.30. The molecule has 1 aliphatic rings. The number of H-pyrrole nitrogens is 1. The number of nitrogens with one attached hydrogen (secondary N) is 1. The van der Waals surface area contributed by atoms with Crippen LogP contribution in [-0.2, 0) is 19.5 Å². The van der Waals surface area contributed by atoms with E-state index in [1.54, 1.807) is 7.11 Å². The molecule has 0 bridgehead atoms. The Kier molecular flexibility index (Phi) is 5.62. The third-order valence-electron chi connectivity index (χ3n) is 5.93. The van der Waals surface area contributed by atoms with Gasteiger partial charge in [-0.15, -0.1) is 0 Å². The molecule has 0 aliphatic carbocycles. The molecular weight excluding hydrogens is 414 g/mol. The predicted octanol–water partition coefficient (Wildman–Crippen LogP) is 3.65. The minimum Gasteiger partial charge on any atom is -0.497 e. The molecule has 0 saturated heterocycles.